The minimum absolute atomic E-state index is 0.0709. The third-order valence-corrected chi connectivity index (χ3v) is 2.85. The summed E-state index contributed by atoms with van der Waals surface area (Å²) in [4.78, 5) is 22.0. The summed E-state index contributed by atoms with van der Waals surface area (Å²) in [6, 6.07) is -0.364. The van der Waals surface area contributed by atoms with E-state index in [9.17, 15) is 9.59 Å². The summed E-state index contributed by atoms with van der Waals surface area (Å²) < 4.78 is 1.84. The molecule has 1 unspecified atom stereocenters. The van der Waals surface area contributed by atoms with E-state index in [4.69, 9.17) is 5.11 Å². The summed E-state index contributed by atoms with van der Waals surface area (Å²) >= 11 is 0. The Hall–Kier alpha value is -2.12. The highest BCUT2D eigenvalue weighted by atomic mass is 16.4. The van der Waals surface area contributed by atoms with Crippen molar-refractivity contribution in [2.45, 2.75) is 52.2 Å². The monoisotopic (exact) mass is 283 g/mol. The van der Waals surface area contributed by atoms with Crippen LogP contribution in [0.4, 0.5) is 4.79 Å². The van der Waals surface area contributed by atoms with Crippen molar-refractivity contribution >= 4 is 12.0 Å². The van der Waals surface area contributed by atoms with Crippen molar-refractivity contribution in [3.8, 4) is 0 Å². The molecule has 1 rings (SSSR count). The Morgan fingerprint density at radius 3 is 2.90 bits per heavy atom. The van der Waals surface area contributed by atoms with Gasteiger partial charge in [0.05, 0.1) is 6.54 Å². The van der Waals surface area contributed by atoms with Crippen molar-refractivity contribution in [3.05, 3.63) is 12.2 Å². The van der Waals surface area contributed by atoms with Gasteiger partial charge in [0, 0.05) is 19.0 Å². The zero-order chi connectivity index (χ0) is 15.0. The van der Waals surface area contributed by atoms with E-state index in [1.165, 1.54) is 0 Å². The molecule has 0 aliphatic heterocycles. The molecule has 20 heavy (non-hydrogen) atoms. The average molecular weight is 283 g/mol. The van der Waals surface area contributed by atoms with Crippen LogP contribution in [-0.4, -0.2) is 37.9 Å². The number of carboxylic acid groups (broad SMARTS) is 1. The molecule has 1 atom stereocenters. The molecule has 0 saturated heterocycles. The smallest absolute Gasteiger partial charge is 0.315 e. The van der Waals surface area contributed by atoms with Crippen LogP contribution in [0.1, 0.15) is 38.9 Å². The van der Waals surface area contributed by atoms with Gasteiger partial charge in [-0.2, -0.15) is 0 Å². The minimum Gasteiger partial charge on any atom is -0.481 e. The van der Waals surface area contributed by atoms with Crippen LogP contribution < -0.4 is 10.6 Å². The molecule has 0 aromatic carbocycles. The van der Waals surface area contributed by atoms with Gasteiger partial charge in [-0.25, -0.2) is 4.79 Å². The van der Waals surface area contributed by atoms with Gasteiger partial charge in [0.1, 0.15) is 6.33 Å². The topological polar surface area (TPSA) is 109 Å². The summed E-state index contributed by atoms with van der Waals surface area (Å²) in [5.41, 5.74) is 0. The zero-order valence-electron chi connectivity index (χ0n) is 11.8. The van der Waals surface area contributed by atoms with Gasteiger partial charge in [-0.1, -0.05) is 0 Å². The van der Waals surface area contributed by atoms with Crippen molar-refractivity contribution in [2.75, 3.05) is 0 Å². The van der Waals surface area contributed by atoms with Gasteiger partial charge >= 0.3 is 12.0 Å². The number of aliphatic carboxylic acids is 1. The van der Waals surface area contributed by atoms with Crippen molar-refractivity contribution in [3.63, 3.8) is 0 Å². The lowest BCUT2D eigenvalue weighted by Crippen LogP contribution is -2.40. The van der Waals surface area contributed by atoms with Gasteiger partial charge in [-0.3, -0.25) is 4.79 Å². The Morgan fingerprint density at radius 2 is 2.25 bits per heavy atom. The van der Waals surface area contributed by atoms with Crippen LogP contribution in [-0.2, 0) is 17.9 Å². The van der Waals surface area contributed by atoms with Gasteiger partial charge in [0.2, 0.25) is 0 Å². The first-order chi connectivity index (χ1) is 9.52. The number of amides is 2. The summed E-state index contributed by atoms with van der Waals surface area (Å²) in [5, 5.41) is 21.7. The van der Waals surface area contributed by atoms with Gasteiger partial charge in [0.25, 0.3) is 0 Å². The fourth-order valence-electron chi connectivity index (χ4n) is 1.75. The number of rotatable bonds is 8. The molecule has 1 heterocycles. The minimum atomic E-state index is -0.819. The Kier molecular flexibility index (Phi) is 6.48. The molecule has 0 radical (unpaired) electrons. The maximum absolute atomic E-state index is 11.6. The van der Waals surface area contributed by atoms with Gasteiger partial charge in [0.15, 0.2) is 5.82 Å². The normalized spacial score (nSPS) is 11.9. The van der Waals surface area contributed by atoms with E-state index in [2.05, 4.69) is 20.8 Å². The van der Waals surface area contributed by atoms with E-state index in [-0.39, 0.29) is 18.5 Å². The van der Waals surface area contributed by atoms with Crippen LogP contribution in [0.5, 0.6) is 0 Å². The molecule has 8 heteroatoms. The lowest BCUT2D eigenvalue weighted by molar-refractivity contribution is -0.137. The van der Waals surface area contributed by atoms with Crippen LogP contribution >= 0.6 is 0 Å². The number of nitrogens with zero attached hydrogens (tertiary/aromatic N) is 3. The van der Waals surface area contributed by atoms with Crippen molar-refractivity contribution in [2.24, 2.45) is 0 Å². The van der Waals surface area contributed by atoms with Crippen LogP contribution in [0.25, 0.3) is 0 Å². The first-order valence-electron chi connectivity index (χ1n) is 6.65. The molecule has 0 spiro atoms. The highest BCUT2D eigenvalue weighted by Crippen LogP contribution is 2.00. The van der Waals surface area contributed by atoms with Crippen LogP contribution in [0.15, 0.2) is 6.33 Å². The molecule has 1 aromatic rings. The van der Waals surface area contributed by atoms with Crippen molar-refractivity contribution < 1.29 is 14.7 Å². The van der Waals surface area contributed by atoms with E-state index in [1.54, 1.807) is 6.33 Å². The predicted molar refractivity (Wildman–Crippen MR) is 72.0 cm³/mol. The third-order valence-electron chi connectivity index (χ3n) is 2.85. The van der Waals surface area contributed by atoms with E-state index in [0.717, 1.165) is 6.54 Å². The summed E-state index contributed by atoms with van der Waals surface area (Å²) in [6.45, 7) is 4.87. The maximum atomic E-state index is 11.6. The van der Waals surface area contributed by atoms with Crippen LogP contribution in [0.2, 0.25) is 0 Å². The number of aryl methyl sites for hydroxylation is 1. The molecule has 0 aliphatic rings. The first-order valence-corrected chi connectivity index (χ1v) is 6.65. The Balaban J connectivity index is 2.24. The van der Waals surface area contributed by atoms with Gasteiger partial charge in [-0.05, 0) is 26.7 Å². The number of carbonyl (C=O) groups is 2. The number of carboxylic acids is 1. The Bertz CT molecular complexity index is 446. The van der Waals surface area contributed by atoms with Gasteiger partial charge < -0.3 is 20.3 Å². The average Bonchev–Trinajstić information content (AvgIpc) is 2.83. The molecular formula is C12H21N5O3. The second kappa shape index (κ2) is 8.13. The van der Waals surface area contributed by atoms with E-state index in [0.29, 0.717) is 25.2 Å². The van der Waals surface area contributed by atoms with Crippen molar-refractivity contribution in [1.82, 2.24) is 25.4 Å². The number of hydrogen-bond donors (Lipinski definition) is 3. The highest BCUT2D eigenvalue weighted by Gasteiger charge is 2.09. The number of hydrogen-bond acceptors (Lipinski definition) is 4. The predicted octanol–water partition coefficient (Wildman–Crippen LogP) is 0.741. The lowest BCUT2D eigenvalue weighted by Gasteiger charge is -2.14. The second-order valence-electron chi connectivity index (χ2n) is 4.55. The molecule has 8 nitrogen and oxygen atoms in total. The fraction of sp³-hybridized carbons (Fsp3) is 0.667. The Morgan fingerprint density at radius 1 is 1.50 bits per heavy atom. The molecule has 0 bridgehead atoms. The number of nitrogens with one attached hydrogen (secondary N) is 2. The van der Waals surface area contributed by atoms with Gasteiger partial charge in [-0.15, -0.1) is 10.2 Å². The molecule has 112 valence electrons. The van der Waals surface area contributed by atoms with E-state index < -0.39 is 5.97 Å². The standard InChI is InChI=1S/C12H21N5O3/c1-3-17-8-14-16-10(17)7-13-12(20)15-9(2)5-4-6-11(18)19/h8-9H,3-7H2,1-2H3,(H,18,19)(H2,13,15,20). The number of carbonyl (C=O) groups excluding carboxylic acids is 1. The second-order valence-corrected chi connectivity index (χ2v) is 4.55. The van der Waals surface area contributed by atoms with Crippen LogP contribution in [0.3, 0.4) is 0 Å². The summed E-state index contributed by atoms with van der Waals surface area (Å²) in [7, 11) is 0. The largest absolute Gasteiger partial charge is 0.481 e. The van der Waals surface area contributed by atoms with E-state index >= 15 is 0 Å². The fourth-order valence-corrected chi connectivity index (χ4v) is 1.75. The van der Waals surface area contributed by atoms with E-state index in [1.807, 2.05) is 18.4 Å². The molecule has 0 aliphatic carbocycles. The number of urea groups is 1. The molecule has 0 fully saturated rings. The molecule has 3 N–H and O–H groups in total. The number of aromatic nitrogens is 3. The molecular weight excluding hydrogens is 262 g/mol. The first kappa shape index (κ1) is 15.9. The van der Waals surface area contributed by atoms with Crippen LogP contribution in [0, 0.1) is 0 Å². The molecule has 0 saturated carbocycles. The lowest BCUT2D eigenvalue weighted by atomic mass is 10.1. The summed E-state index contributed by atoms with van der Waals surface area (Å²) in [6.07, 6.45) is 2.91. The SMILES string of the molecule is CCn1cnnc1CNC(=O)NC(C)CCCC(=O)O. The molecule has 1 aromatic heterocycles. The quantitative estimate of drug-likeness (QED) is 0.652. The Labute approximate surface area is 117 Å². The highest BCUT2D eigenvalue weighted by molar-refractivity contribution is 5.74. The summed E-state index contributed by atoms with van der Waals surface area (Å²) in [5.74, 6) is -0.123. The molecule has 2 amide bonds. The maximum Gasteiger partial charge on any atom is 0.315 e. The third kappa shape index (κ3) is 5.68. The van der Waals surface area contributed by atoms with Crippen molar-refractivity contribution in [1.29, 1.82) is 0 Å². The zero-order valence-corrected chi connectivity index (χ0v) is 11.8.